The summed E-state index contributed by atoms with van der Waals surface area (Å²) in [5.74, 6) is 7.40. The Kier molecular flexibility index (Phi) is 81.2. The van der Waals surface area contributed by atoms with Crippen LogP contribution in [-0.4, -0.2) is 79.3 Å². The first-order valence-electron chi connectivity index (χ1n) is 32.6. The summed E-state index contributed by atoms with van der Waals surface area (Å²) in [5.41, 5.74) is -14.3. The predicted octanol–water partition coefficient (Wildman–Crippen LogP) is 23.3. The molecule has 0 N–H and O–H groups in total. The maximum absolute atomic E-state index is 5.44. The minimum absolute atomic E-state index is 0. The first-order chi connectivity index (χ1) is 41.0. The summed E-state index contributed by atoms with van der Waals surface area (Å²) in [7, 11) is 0. The van der Waals surface area contributed by atoms with Crippen molar-refractivity contribution in [2.75, 3.05) is 79.3 Å². The summed E-state index contributed by atoms with van der Waals surface area (Å²) in [6, 6.07) is 0. The molecule has 91 heavy (non-hydrogen) atoms. The van der Waals surface area contributed by atoms with Crippen molar-refractivity contribution in [3.63, 3.8) is 0 Å². The molecule has 0 heterocycles. The fraction of sp³-hybridized carbons (Fsp3) is 1.00. The number of hydrogen-bond acceptors (Lipinski definition) is 24. The van der Waals surface area contributed by atoms with Gasteiger partial charge in [0, 0.05) is 21.1 Å². The van der Waals surface area contributed by atoms with Crippen LogP contribution in [0.2, 0.25) is 0 Å². The Hall–Kier alpha value is 6.21. The zero-order valence-electron chi connectivity index (χ0n) is 60.8. The number of hydrogen-bond donors (Lipinski definition) is 0. The van der Waals surface area contributed by atoms with E-state index < -0.39 is 34.2 Å². The molecule has 0 aliphatic heterocycles. The van der Waals surface area contributed by atoms with Crippen LogP contribution in [0.15, 0.2) is 0 Å². The van der Waals surface area contributed by atoms with Crippen molar-refractivity contribution in [3.8, 4) is 0 Å². The fourth-order valence-electron chi connectivity index (χ4n) is 5.03. The maximum Gasteiger partial charge on any atom is 0.0563 e. The molecule has 31 heteroatoms. The second-order valence-corrected chi connectivity index (χ2v) is 56.8. The van der Waals surface area contributed by atoms with Gasteiger partial charge in [-0.05, 0) is 148 Å². The normalized spacial score (nSPS) is 12.6. The Labute approximate surface area is 640 Å². The molecule has 0 aliphatic rings. The Morgan fingerprint density at radius 3 is 0.275 bits per heavy atom. The van der Waals surface area contributed by atoms with Gasteiger partial charge in [-0.2, -0.15) is 0 Å². The summed E-state index contributed by atoms with van der Waals surface area (Å²) in [6.45, 7) is 59.1. The van der Waals surface area contributed by atoms with Gasteiger partial charge in [0.1, 0.15) is 0 Å². The zero-order valence-corrected chi connectivity index (χ0v) is 78.0. The van der Waals surface area contributed by atoms with Crippen LogP contribution < -0.4 is 0 Å². The second-order valence-electron chi connectivity index (χ2n) is 26.9. The van der Waals surface area contributed by atoms with Crippen molar-refractivity contribution < 1.29 is 75.4 Å². The summed E-state index contributed by atoms with van der Waals surface area (Å²) in [6.07, 6.45) is 11.9. The van der Waals surface area contributed by atoms with Crippen LogP contribution in [0, 0.1) is 71.0 Å². The Morgan fingerprint density at radius 1 is 0.176 bits per heavy atom. The Morgan fingerprint density at radius 2 is 0.231 bits per heavy atom. The summed E-state index contributed by atoms with van der Waals surface area (Å²) in [5, 5.41) is 0. The van der Waals surface area contributed by atoms with E-state index in [1.165, 1.54) is 0 Å². The van der Waals surface area contributed by atoms with Crippen molar-refractivity contribution in [2.45, 2.75) is 243 Å². The van der Waals surface area contributed by atoms with E-state index in [1.54, 1.807) is 0 Å². The van der Waals surface area contributed by atoms with Crippen molar-refractivity contribution >= 4 is 178 Å². The minimum atomic E-state index is -2.39. The average Bonchev–Trinajstić information content (AvgIpc) is 3.52. The van der Waals surface area contributed by atoms with E-state index in [0.717, 1.165) is 77.0 Å². The molecule has 0 amide bonds. The largest absolute Gasteiger partial charge is 0.691 e. The van der Waals surface area contributed by atoms with Gasteiger partial charge in [0.25, 0.3) is 0 Å². The van der Waals surface area contributed by atoms with Gasteiger partial charge in [-0.1, -0.05) is 237 Å². The molecule has 0 fully saturated rings. The van der Waals surface area contributed by atoms with Crippen molar-refractivity contribution in [3.05, 3.63) is 0 Å². The van der Waals surface area contributed by atoms with Crippen LogP contribution >= 0.6 is 34.2 Å². The van der Waals surface area contributed by atoms with E-state index in [4.69, 9.17) is 199 Å². The first kappa shape index (κ1) is 111. The van der Waals surface area contributed by atoms with Crippen molar-refractivity contribution in [1.29, 1.82) is 0 Å². The molecule has 0 saturated heterocycles. The summed E-state index contributed by atoms with van der Waals surface area (Å²) in [4.78, 5) is 0. The second kappa shape index (κ2) is 66.9. The molecular formula is C60H132MoO12P6S12-6. The Bertz CT molecular complexity index is 1490. The number of rotatable bonds is 48. The molecule has 0 aromatic rings. The van der Waals surface area contributed by atoms with Crippen LogP contribution in [0.5, 0.6) is 0 Å². The van der Waals surface area contributed by atoms with E-state index in [1.807, 2.05) is 0 Å². The third kappa shape index (κ3) is 105. The van der Waals surface area contributed by atoms with Gasteiger partial charge in [-0.25, -0.2) is 0 Å². The van der Waals surface area contributed by atoms with Gasteiger partial charge in [0.05, 0.1) is 113 Å². The molecule has 0 aromatic heterocycles. The van der Waals surface area contributed by atoms with Gasteiger partial charge in [0.2, 0.25) is 0 Å². The summed E-state index contributed by atoms with van der Waals surface area (Å²) < 4.78 is 65.3. The molecule has 0 radical (unpaired) electrons. The topological polar surface area (TPSA) is 111 Å². The van der Waals surface area contributed by atoms with Gasteiger partial charge < -0.3 is 128 Å². The van der Waals surface area contributed by atoms with Crippen molar-refractivity contribution in [1.82, 2.24) is 0 Å². The van der Waals surface area contributed by atoms with Gasteiger partial charge in [-0.15, -0.1) is 0 Å². The van der Waals surface area contributed by atoms with Crippen LogP contribution in [0.4, 0.5) is 0 Å². The monoisotopic (exact) mass is 1710 g/mol. The molecule has 0 bridgehead atoms. The molecule has 0 aliphatic carbocycles. The standard InChI is InChI=1S/6C10H23O2PS2.Mo/c6*1-9(2)5-7-11-13(14,15)12-8-6-10(3)4;/h6*9-10H,5-8H2,1-4H3,(H,14,15);/p-6. The summed E-state index contributed by atoms with van der Waals surface area (Å²) >= 11 is 61.5. The molecule has 0 unspecified atom stereocenters. The third-order valence-electron chi connectivity index (χ3n) is 11.3. The third-order valence-corrected chi connectivity index (χ3v) is 24.9. The fourth-order valence-corrected chi connectivity index (χ4v) is 14.8. The van der Waals surface area contributed by atoms with Gasteiger partial charge >= 0.3 is 0 Å². The van der Waals surface area contributed by atoms with E-state index in [9.17, 15) is 0 Å². The van der Waals surface area contributed by atoms with E-state index in [2.05, 4.69) is 166 Å². The molecule has 0 saturated carbocycles. The van der Waals surface area contributed by atoms with Crippen LogP contribution in [-0.2, 0) is 220 Å². The first-order valence-corrected chi connectivity index (χ1v) is 54.5. The van der Waals surface area contributed by atoms with Crippen LogP contribution in [0.3, 0.4) is 0 Å². The van der Waals surface area contributed by atoms with E-state index >= 15 is 0 Å². The maximum atomic E-state index is 5.44. The molecular weight excluding hydrogens is 1580 g/mol. The average molecular weight is 1710 g/mol. The molecule has 0 rings (SSSR count). The molecule has 0 atom stereocenters. The van der Waals surface area contributed by atoms with Gasteiger partial charge in [0.15, 0.2) is 0 Å². The molecule has 558 valence electrons. The quantitative estimate of drug-likeness (QED) is 0.0327. The minimum Gasteiger partial charge on any atom is -0.691 e. The van der Waals surface area contributed by atoms with Crippen LogP contribution in [0.1, 0.15) is 243 Å². The van der Waals surface area contributed by atoms with E-state index in [0.29, 0.717) is 150 Å². The SMILES string of the molecule is CC(C)CCOP(=S)([S-])OCCC(C)C.CC(C)CCOP(=S)([S-])OCCC(C)C.CC(C)CCOP(=S)([S-])OCCC(C)C.CC(C)CCOP(=S)([S-])OCCC(C)C.CC(C)CCOP(=S)([S-])OCCC(C)C.CC(C)CCOP(=S)([S-])OCCC(C)C.[Mo]. The zero-order chi connectivity index (χ0) is 71.4. The molecule has 12 nitrogen and oxygen atoms in total. The molecule has 0 aromatic carbocycles. The van der Waals surface area contributed by atoms with Crippen molar-refractivity contribution in [2.24, 2.45) is 71.0 Å². The smallest absolute Gasteiger partial charge is 0.0563 e. The van der Waals surface area contributed by atoms with Crippen LogP contribution in [0.25, 0.3) is 0 Å². The Balaban J connectivity index is -0.000000186. The molecule has 0 spiro atoms. The van der Waals surface area contributed by atoms with E-state index in [-0.39, 0.29) is 21.1 Å². The predicted molar refractivity (Wildman–Crippen MR) is 435 cm³/mol. The van der Waals surface area contributed by atoms with Gasteiger partial charge in [-0.3, -0.25) is 0 Å².